The Bertz CT molecular complexity index is 881. The molecule has 0 saturated carbocycles. The number of carbonyl (C=O) groups excluding carboxylic acids is 1. The van der Waals surface area contributed by atoms with Crippen LogP contribution in [0, 0.1) is 0 Å². The Morgan fingerprint density at radius 2 is 1.63 bits per heavy atom. The number of ether oxygens (including phenoxy) is 2. The van der Waals surface area contributed by atoms with Crippen LogP contribution in [0.3, 0.4) is 0 Å². The summed E-state index contributed by atoms with van der Waals surface area (Å²) in [5.41, 5.74) is 1.29. The summed E-state index contributed by atoms with van der Waals surface area (Å²) in [6.45, 7) is 0.0667. The van der Waals surface area contributed by atoms with Crippen molar-refractivity contribution in [2.45, 2.75) is 6.54 Å². The average molecular weight is 392 g/mol. The van der Waals surface area contributed by atoms with Gasteiger partial charge in [-0.05, 0) is 29.8 Å². The minimum absolute atomic E-state index is 0.293. The number of methoxy groups -OCH3 is 2. The molecule has 0 bridgehead atoms. The maximum atomic E-state index is 12.6. The van der Waals surface area contributed by atoms with Gasteiger partial charge in [0, 0.05) is 19.7 Å². The molecule has 0 saturated heterocycles. The first kappa shape index (κ1) is 20.6. The third-order valence-electron chi connectivity index (χ3n) is 4.03. The molecule has 0 radical (unpaired) electrons. The lowest BCUT2D eigenvalue weighted by Crippen LogP contribution is -2.41. The van der Waals surface area contributed by atoms with E-state index in [9.17, 15) is 13.2 Å². The van der Waals surface area contributed by atoms with Crippen molar-refractivity contribution in [1.82, 2.24) is 4.90 Å². The van der Waals surface area contributed by atoms with E-state index in [1.807, 2.05) is 24.3 Å². The molecule has 0 aromatic heterocycles. The molecule has 0 aliphatic carbocycles. The van der Waals surface area contributed by atoms with Gasteiger partial charge in [0.05, 0.1) is 26.2 Å². The van der Waals surface area contributed by atoms with E-state index >= 15 is 0 Å². The molecule has 0 aliphatic heterocycles. The van der Waals surface area contributed by atoms with E-state index in [1.54, 1.807) is 38.4 Å². The van der Waals surface area contributed by atoms with Crippen LogP contribution in [0.4, 0.5) is 5.69 Å². The maximum Gasteiger partial charge on any atom is 0.243 e. The van der Waals surface area contributed by atoms with Gasteiger partial charge in [-0.3, -0.25) is 9.10 Å². The average Bonchev–Trinajstić information content (AvgIpc) is 2.65. The van der Waals surface area contributed by atoms with Crippen molar-refractivity contribution >= 4 is 21.6 Å². The second kappa shape index (κ2) is 8.77. The molecule has 146 valence electrons. The highest BCUT2D eigenvalue weighted by atomic mass is 32.2. The number of nitrogens with zero attached hydrogens (tertiary/aromatic N) is 2. The van der Waals surface area contributed by atoms with Gasteiger partial charge in [0.25, 0.3) is 0 Å². The predicted octanol–water partition coefficient (Wildman–Crippen LogP) is 2.13. The highest BCUT2D eigenvalue weighted by Gasteiger charge is 2.23. The summed E-state index contributed by atoms with van der Waals surface area (Å²) < 4.78 is 35.8. The first-order valence-electron chi connectivity index (χ1n) is 8.23. The van der Waals surface area contributed by atoms with E-state index in [-0.39, 0.29) is 12.5 Å². The van der Waals surface area contributed by atoms with Crippen molar-refractivity contribution in [2.24, 2.45) is 0 Å². The van der Waals surface area contributed by atoms with Crippen LogP contribution in [0.5, 0.6) is 11.5 Å². The molecular weight excluding hydrogens is 368 g/mol. The lowest BCUT2D eigenvalue weighted by molar-refractivity contribution is -0.128. The Labute approximate surface area is 160 Å². The smallest absolute Gasteiger partial charge is 0.243 e. The topological polar surface area (TPSA) is 76.2 Å². The van der Waals surface area contributed by atoms with Crippen LogP contribution in [-0.2, 0) is 21.4 Å². The van der Waals surface area contributed by atoms with Gasteiger partial charge in [0.15, 0.2) is 0 Å². The second-order valence-electron chi connectivity index (χ2n) is 6.07. The van der Waals surface area contributed by atoms with Crippen LogP contribution in [0.25, 0.3) is 0 Å². The summed E-state index contributed by atoms with van der Waals surface area (Å²) in [6, 6.07) is 13.9. The van der Waals surface area contributed by atoms with E-state index in [0.717, 1.165) is 21.9 Å². The number of benzene rings is 2. The fraction of sp³-hybridized carbons (Fsp3) is 0.316. The van der Waals surface area contributed by atoms with E-state index in [1.165, 1.54) is 12.0 Å². The van der Waals surface area contributed by atoms with Gasteiger partial charge in [-0.25, -0.2) is 8.42 Å². The first-order chi connectivity index (χ1) is 12.7. The number of anilines is 1. The largest absolute Gasteiger partial charge is 0.497 e. The van der Waals surface area contributed by atoms with E-state index in [4.69, 9.17) is 9.47 Å². The molecule has 1 amide bonds. The highest BCUT2D eigenvalue weighted by Crippen LogP contribution is 2.23. The third kappa shape index (κ3) is 5.62. The lowest BCUT2D eigenvalue weighted by atomic mass is 10.2. The summed E-state index contributed by atoms with van der Waals surface area (Å²) in [5.74, 6) is 0.924. The van der Waals surface area contributed by atoms with Crippen molar-refractivity contribution in [3.63, 3.8) is 0 Å². The molecule has 0 atom stereocenters. The SMILES string of the molecule is COc1ccc(CN(C)C(=O)CN(c2cccc(OC)c2)S(C)(=O)=O)cc1. The Kier molecular flexibility index (Phi) is 6.68. The summed E-state index contributed by atoms with van der Waals surface area (Å²) in [5, 5.41) is 0. The second-order valence-corrected chi connectivity index (χ2v) is 7.98. The molecule has 0 N–H and O–H groups in total. The fourth-order valence-electron chi connectivity index (χ4n) is 2.50. The summed E-state index contributed by atoms with van der Waals surface area (Å²) in [4.78, 5) is 14.1. The van der Waals surface area contributed by atoms with Gasteiger partial charge in [0.1, 0.15) is 18.0 Å². The minimum atomic E-state index is -3.64. The van der Waals surface area contributed by atoms with E-state index in [2.05, 4.69) is 0 Å². The Hall–Kier alpha value is -2.74. The fourth-order valence-corrected chi connectivity index (χ4v) is 3.34. The number of hydrogen-bond acceptors (Lipinski definition) is 5. The molecule has 27 heavy (non-hydrogen) atoms. The van der Waals surface area contributed by atoms with Crippen LogP contribution in [-0.4, -0.2) is 53.3 Å². The molecule has 7 nitrogen and oxygen atoms in total. The normalized spacial score (nSPS) is 11.0. The molecule has 0 heterocycles. The minimum Gasteiger partial charge on any atom is -0.497 e. The van der Waals surface area contributed by atoms with Gasteiger partial charge < -0.3 is 14.4 Å². The molecule has 0 unspecified atom stereocenters. The van der Waals surface area contributed by atoms with Gasteiger partial charge in [0.2, 0.25) is 15.9 Å². The summed E-state index contributed by atoms with van der Waals surface area (Å²) in [6.07, 6.45) is 1.07. The quantitative estimate of drug-likeness (QED) is 0.688. The van der Waals surface area contributed by atoms with Gasteiger partial charge in [-0.15, -0.1) is 0 Å². The molecule has 0 spiro atoms. The molecule has 8 heteroatoms. The van der Waals surface area contributed by atoms with Crippen molar-refractivity contribution in [3.8, 4) is 11.5 Å². The van der Waals surface area contributed by atoms with Crippen molar-refractivity contribution in [1.29, 1.82) is 0 Å². The number of sulfonamides is 1. The molecule has 2 aromatic rings. The highest BCUT2D eigenvalue weighted by molar-refractivity contribution is 7.92. The van der Waals surface area contributed by atoms with Crippen LogP contribution in [0.2, 0.25) is 0 Å². The van der Waals surface area contributed by atoms with Crippen molar-refractivity contribution in [3.05, 3.63) is 54.1 Å². The molecule has 0 fully saturated rings. The number of hydrogen-bond donors (Lipinski definition) is 0. The Balaban J connectivity index is 2.14. The number of likely N-dealkylation sites (N-methyl/N-ethyl adjacent to an activating group) is 1. The van der Waals surface area contributed by atoms with Crippen molar-refractivity contribution in [2.75, 3.05) is 38.4 Å². The van der Waals surface area contributed by atoms with Crippen LogP contribution in [0.15, 0.2) is 48.5 Å². The number of rotatable bonds is 8. The standard InChI is InChI=1S/C19H24N2O5S/c1-20(13-15-8-10-17(25-2)11-9-15)19(22)14-21(27(4,23)24)16-6-5-7-18(12-16)26-3/h5-12H,13-14H2,1-4H3. The molecule has 0 aliphatic rings. The van der Waals surface area contributed by atoms with Gasteiger partial charge in [-0.2, -0.15) is 0 Å². The Morgan fingerprint density at radius 3 is 2.19 bits per heavy atom. The molecule has 2 aromatic carbocycles. The van der Waals surface area contributed by atoms with Crippen LogP contribution < -0.4 is 13.8 Å². The van der Waals surface area contributed by atoms with Crippen molar-refractivity contribution < 1.29 is 22.7 Å². The number of amides is 1. The van der Waals surface area contributed by atoms with E-state index in [0.29, 0.717) is 18.0 Å². The van der Waals surface area contributed by atoms with Crippen LogP contribution in [0.1, 0.15) is 5.56 Å². The zero-order valence-electron chi connectivity index (χ0n) is 15.9. The lowest BCUT2D eigenvalue weighted by Gasteiger charge is -2.25. The van der Waals surface area contributed by atoms with Gasteiger partial charge in [-0.1, -0.05) is 18.2 Å². The van der Waals surface area contributed by atoms with Gasteiger partial charge >= 0.3 is 0 Å². The monoisotopic (exact) mass is 392 g/mol. The first-order valence-corrected chi connectivity index (χ1v) is 10.1. The number of carbonyl (C=O) groups is 1. The zero-order chi connectivity index (χ0) is 20.0. The third-order valence-corrected chi connectivity index (χ3v) is 5.17. The molecular formula is C19H24N2O5S. The predicted molar refractivity (Wildman–Crippen MR) is 105 cm³/mol. The summed E-state index contributed by atoms with van der Waals surface area (Å²) >= 11 is 0. The summed E-state index contributed by atoms with van der Waals surface area (Å²) in [7, 11) is 1.08. The molecule has 2 rings (SSSR count). The Morgan fingerprint density at radius 1 is 1.00 bits per heavy atom. The maximum absolute atomic E-state index is 12.6. The zero-order valence-corrected chi connectivity index (χ0v) is 16.7. The van der Waals surface area contributed by atoms with Crippen LogP contribution >= 0.6 is 0 Å². The van der Waals surface area contributed by atoms with E-state index < -0.39 is 10.0 Å².